The summed E-state index contributed by atoms with van der Waals surface area (Å²) in [6, 6.07) is 8.74. The summed E-state index contributed by atoms with van der Waals surface area (Å²) in [6.45, 7) is 2.68. The molecule has 25 heavy (non-hydrogen) atoms. The maximum Gasteiger partial charge on any atom is 0.269 e. The molecule has 1 aromatic carbocycles. The Hall–Kier alpha value is -2.35. The topological polar surface area (TPSA) is 88.9 Å². The van der Waals surface area contributed by atoms with Crippen LogP contribution in [0.25, 0.3) is 0 Å². The van der Waals surface area contributed by atoms with Gasteiger partial charge in [0.2, 0.25) is 0 Å². The van der Waals surface area contributed by atoms with Crippen molar-refractivity contribution >= 4 is 23.6 Å². The fourth-order valence-electron chi connectivity index (χ4n) is 2.64. The number of hydrazine groups is 1. The lowest BCUT2D eigenvalue weighted by Gasteiger charge is -2.13. The number of amides is 2. The van der Waals surface area contributed by atoms with Gasteiger partial charge in [0, 0.05) is 18.5 Å². The van der Waals surface area contributed by atoms with Crippen LogP contribution in [-0.2, 0) is 17.8 Å². The Kier molecular flexibility index (Phi) is 5.70. The van der Waals surface area contributed by atoms with Gasteiger partial charge >= 0.3 is 0 Å². The minimum atomic E-state index is -0.396. The summed E-state index contributed by atoms with van der Waals surface area (Å²) in [6.07, 6.45) is 4.35. The van der Waals surface area contributed by atoms with Gasteiger partial charge in [-0.1, -0.05) is 36.4 Å². The molecule has 1 aliphatic rings. The molecule has 1 aromatic heterocycles. The van der Waals surface area contributed by atoms with E-state index in [0.29, 0.717) is 5.56 Å². The van der Waals surface area contributed by atoms with E-state index in [4.69, 9.17) is 0 Å². The van der Waals surface area contributed by atoms with Crippen molar-refractivity contribution in [2.45, 2.75) is 49.6 Å². The van der Waals surface area contributed by atoms with Gasteiger partial charge in [0.25, 0.3) is 11.8 Å². The number of aromatic nitrogens is 3. The number of hydrogen-bond donors (Lipinski definition) is 2. The van der Waals surface area contributed by atoms with E-state index < -0.39 is 5.25 Å². The van der Waals surface area contributed by atoms with Gasteiger partial charge in [-0.3, -0.25) is 20.4 Å². The predicted molar refractivity (Wildman–Crippen MR) is 94.9 cm³/mol. The standard InChI is InChI=1S/C17H21N5O2S/c1-12(15(23)19-20-16(24)13-8-4-2-5-9-13)25-17-21-18-14-10-6-3-7-11-22(14)17/h2,4-5,8-9,12H,3,6-7,10-11H2,1H3,(H,19,23)(H,20,24)/t12-/m0/s1. The van der Waals surface area contributed by atoms with E-state index in [0.717, 1.165) is 36.8 Å². The maximum atomic E-state index is 12.2. The molecule has 2 amide bonds. The molecule has 0 unspecified atom stereocenters. The normalized spacial score (nSPS) is 14.9. The molecule has 8 heteroatoms. The summed E-state index contributed by atoms with van der Waals surface area (Å²) in [4.78, 5) is 24.2. The number of carbonyl (C=O) groups excluding carboxylic acids is 2. The minimum absolute atomic E-state index is 0.278. The van der Waals surface area contributed by atoms with Gasteiger partial charge in [0.1, 0.15) is 5.82 Å². The first-order valence-corrected chi connectivity index (χ1v) is 9.27. The number of fused-ring (bicyclic) bond motifs is 1. The number of benzene rings is 1. The molecule has 7 nitrogen and oxygen atoms in total. The molecule has 1 aliphatic heterocycles. The minimum Gasteiger partial charge on any atom is -0.306 e. The Bertz CT molecular complexity index is 747. The van der Waals surface area contributed by atoms with Gasteiger partial charge in [-0.25, -0.2) is 0 Å². The largest absolute Gasteiger partial charge is 0.306 e. The number of rotatable bonds is 4. The molecule has 0 bridgehead atoms. The number of hydrogen-bond acceptors (Lipinski definition) is 5. The van der Waals surface area contributed by atoms with Crippen molar-refractivity contribution in [3.63, 3.8) is 0 Å². The summed E-state index contributed by atoms with van der Waals surface area (Å²) < 4.78 is 2.10. The van der Waals surface area contributed by atoms with Crippen LogP contribution >= 0.6 is 11.8 Å². The van der Waals surface area contributed by atoms with Crippen LogP contribution in [0.3, 0.4) is 0 Å². The maximum absolute atomic E-state index is 12.2. The van der Waals surface area contributed by atoms with Crippen LogP contribution in [-0.4, -0.2) is 31.8 Å². The third kappa shape index (κ3) is 4.39. The number of carbonyl (C=O) groups is 2. The van der Waals surface area contributed by atoms with Crippen molar-refractivity contribution in [3.05, 3.63) is 41.7 Å². The average molecular weight is 359 g/mol. The molecular formula is C17H21N5O2S. The Morgan fingerprint density at radius 1 is 1.12 bits per heavy atom. The zero-order chi connectivity index (χ0) is 17.6. The van der Waals surface area contributed by atoms with Crippen molar-refractivity contribution < 1.29 is 9.59 Å². The van der Waals surface area contributed by atoms with Gasteiger partial charge < -0.3 is 4.57 Å². The molecule has 0 radical (unpaired) electrons. The van der Waals surface area contributed by atoms with Crippen LogP contribution in [0.1, 0.15) is 42.4 Å². The summed E-state index contributed by atoms with van der Waals surface area (Å²) in [5.74, 6) is 0.368. The van der Waals surface area contributed by atoms with Crippen molar-refractivity contribution in [3.8, 4) is 0 Å². The van der Waals surface area contributed by atoms with Crippen molar-refractivity contribution in [1.29, 1.82) is 0 Å². The second-order valence-electron chi connectivity index (χ2n) is 5.93. The first-order valence-electron chi connectivity index (χ1n) is 8.39. The molecule has 1 atom stereocenters. The molecule has 0 spiro atoms. The molecule has 0 saturated carbocycles. The van der Waals surface area contributed by atoms with E-state index in [1.54, 1.807) is 31.2 Å². The third-order valence-electron chi connectivity index (χ3n) is 4.06. The van der Waals surface area contributed by atoms with Gasteiger partial charge in [0.05, 0.1) is 5.25 Å². The van der Waals surface area contributed by atoms with Crippen LogP contribution in [0.4, 0.5) is 0 Å². The monoisotopic (exact) mass is 359 g/mol. The lowest BCUT2D eigenvalue weighted by atomic mass is 10.2. The molecule has 0 saturated heterocycles. The van der Waals surface area contributed by atoms with Crippen molar-refractivity contribution in [1.82, 2.24) is 25.6 Å². The smallest absolute Gasteiger partial charge is 0.269 e. The number of nitrogens with one attached hydrogen (secondary N) is 2. The molecule has 3 rings (SSSR count). The Labute approximate surface area is 150 Å². The Balaban J connectivity index is 1.55. The first-order chi connectivity index (χ1) is 12.1. The lowest BCUT2D eigenvalue weighted by Crippen LogP contribution is -2.44. The molecule has 0 fully saturated rings. The van der Waals surface area contributed by atoms with E-state index in [-0.39, 0.29) is 11.8 Å². The first kappa shape index (κ1) is 17.5. The van der Waals surface area contributed by atoms with E-state index >= 15 is 0 Å². The third-order valence-corrected chi connectivity index (χ3v) is 5.14. The van der Waals surface area contributed by atoms with Crippen LogP contribution in [0.2, 0.25) is 0 Å². The highest BCUT2D eigenvalue weighted by Crippen LogP contribution is 2.25. The van der Waals surface area contributed by atoms with E-state index in [2.05, 4.69) is 25.6 Å². The Morgan fingerprint density at radius 2 is 1.92 bits per heavy atom. The highest BCUT2D eigenvalue weighted by atomic mass is 32.2. The highest BCUT2D eigenvalue weighted by molar-refractivity contribution is 8.00. The molecule has 2 heterocycles. The van der Waals surface area contributed by atoms with E-state index in [1.807, 2.05) is 6.07 Å². The molecule has 2 aromatic rings. The second-order valence-corrected chi connectivity index (χ2v) is 7.24. The Morgan fingerprint density at radius 3 is 2.72 bits per heavy atom. The second kappa shape index (κ2) is 8.15. The lowest BCUT2D eigenvalue weighted by molar-refractivity contribution is -0.121. The number of thioether (sulfide) groups is 1. The van der Waals surface area contributed by atoms with E-state index in [1.165, 1.54) is 18.2 Å². The average Bonchev–Trinajstić information content (AvgIpc) is 2.86. The van der Waals surface area contributed by atoms with Gasteiger partial charge in [-0.15, -0.1) is 10.2 Å². The van der Waals surface area contributed by atoms with Crippen LogP contribution in [0, 0.1) is 0 Å². The zero-order valence-electron chi connectivity index (χ0n) is 14.1. The van der Waals surface area contributed by atoms with Gasteiger partial charge in [-0.2, -0.15) is 0 Å². The number of aryl methyl sites for hydroxylation is 1. The van der Waals surface area contributed by atoms with Crippen LogP contribution < -0.4 is 10.9 Å². The van der Waals surface area contributed by atoms with Gasteiger partial charge in [0.15, 0.2) is 5.16 Å². The summed E-state index contributed by atoms with van der Waals surface area (Å²) >= 11 is 1.36. The summed E-state index contributed by atoms with van der Waals surface area (Å²) in [5, 5.41) is 8.81. The fourth-order valence-corrected chi connectivity index (χ4v) is 3.53. The summed E-state index contributed by atoms with van der Waals surface area (Å²) in [5.41, 5.74) is 5.40. The predicted octanol–water partition coefficient (Wildman–Crippen LogP) is 1.95. The SMILES string of the molecule is C[C@H](Sc1nnc2n1CCCCC2)C(=O)NNC(=O)c1ccccc1. The molecule has 0 aliphatic carbocycles. The van der Waals surface area contributed by atoms with Crippen LogP contribution in [0.5, 0.6) is 0 Å². The zero-order valence-corrected chi connectivity index (χ0v) is 14.9. The molecule has 2 N–H and O–H groups in total. The van der Waals surface area contributed by atoms with Gasteiger partial charge in [-0.05, 0) is 31.9 Å². The van der Waals surface area contributed by atoms with Crippen LogP contribution in [0.15, 0.2) is 35.5 Å². The van der Waals surface area contributed by atoms with Crippen molar-refractivity contribution in [2.75, 3.05) is 0 Å². The number of nitrogens with zero attached hydrogens (tertiary/aromatic N) is 3. The molecule has 132 valence electrons. The quantitative estimate of drug-likeness (QED) is 0.643. The summed E-state index contributed by atoms with van der Waals surface area (Å²) in [7, 11) is 0. The van der Waals surface area contributed by atoms with Crippen molar-refractivity contribution in [2.24, 2.45) is 0 Å². The molecular weight excluding hydrogens is 338 g/mol. The fraction of sp³-hybridized carbons (Fsp3) is 0.412. The van der Waals surface area contributed by atoms with E-state index in [9.17, 15) is 9.59 Å². The highest BCUT2D eigenvalue weighted by Gasteiger charge is 2.21.